The molecule has 1 atom stereocenters. The van der Waals surface area contributed by atoms with Crippen LogP contribution in [0.2, 0.25) is 0 Å². The second-order valence-corrected chi connectivity index (χ2v) is 7.33. The van der Waals surface area contributed by atoms with E-state index in [1.54, 1.807) is 12.3 Å². The van der Waals surface area contributed by atoms with Crippen LogP contribution in [-0.2, 0) is 6.18 Å². The smallest absolute Gasteiger partial charge is 0.365 e. The van der Waals surface area contributed by atoms with E-state index in [-0.39, 0.29) is 6.04 Å². The number of carbonyl (C=O) groups excluding carboxylic acids is 1. The van der Waals surface area contributed by atoms with Gasteiger partial charge in [-0.15, -0.1) is 0 Å². The molecule has 0 unspecified atom stereocenters. The molecule has 6 nitrogen and oxygen atoms in total. The highest BCUT2D eigenvalue weighted by Gasteiger charge is 2.31. The van der Waals surface area contributed by atoms with Crippen molar-refractivity contribution < 1.29 is 18.0 Å². The molecule has 3 N–H and O–H groups in total. The molecule has 1 aliphatic heterocycles. The molecule has 2 aromatic heterocycles. The van der Waals surface area contributed by atoms with Crippen molar-refractivity contribution >= 4 is 17.5 Å². The number of rotatable bonds is 5. The van der Waals surface area contributed by atoms with Crippen molar-refractivity contribution in [2.45, 2.75) is 18.6 Å². The number of nitrogens with one attached hydrogen (secondary N) is 1. The average molecular weight is 427 g/mol. The summed E-state index contributed by atoms with van der Waals surface area (Å²) in [6, 6.07) is 13.5. The Kier molecular flexibility index (Phi) is 5.50. The van der Waals surface area contributed by atoms with Gasteiger partial charge in [0.2, 0.25) is 0 Å². The second-order valence-electron chi connectivity index (χ2n) is 7.33. The third kappa shape index (κ3) is 4.60. The molecule has 1 aromatic carbocycles. The van der Waals surface area contributed by atoms with Gasteiger partial charge in [0.05, 0.1) is 11.1 Å². The van der Waals surface area contributed by atoms with E-state index >= 15 is 0 Å². The Hall–Kier alpha value is -3.62. The zero-order valence-corrected chi connectivity index (χ0v) is 16.4. The number of aromatic nitrogens is 2. The number of pyridine rings is 2. The predicted octanol–water partition coefficient (Wildman–Crippen LogP) is 3.95. The van der Waals surface area contributed by atoms with Crippen LogP contribution in [-0.4, -0.2) is 35.0 Å². The summed E-state index contributed by atoms with van der Waals surface area (Å²) in [6.45, 7) is 1.14. The predicted molar refractivity (Wildman–Crippen MR) is 112 cm³/mol. The van der Waals surface area contributed by atoms with Gasteiger partial charge in [-0.3, -0.25) is 4.79 Å². The monoisotopic (exact) mass is 427 g/mol. The van der Waals surface area contributed by atoms with Gasteiger partial charge in [-0.05, 0) is 30.2 Å². The SMILES string of the molecule is NC(=O)c1cc(-c2ccccc2)cnc1N1CC[C@H](Nc2ccc(C(F)(F)F)cn2)C1. The molecule has 3 aromatic rings. The minimum Gasteiger partial charge on any atom is -0.365 e. The number of anilines is 2. The first kappa shape index (κ1) is 20.6. The molecular formula is C22H20F3N5O. The van der Waals surface area contributed by atoms with Gasteiger partial charge in [0.25, 0.3) is 5.91 Å². The van der Waals surface area contributed by atoms with Crippen LogP contribution in [0.25, 0.3) is 11.1 Å². The fourth-order valence-corrected chi connectivity index (χ4v) is 3.61. The second kappa shape index (κ2) is 8.25. The van der Waals surface area contributed by atoms with E-state index in [1.807, 2.05) is 35.2 Å². The van der Waals surface area contributed by atoms with Crippen LogP contribution >= 0.6 is 0 Å². The molecule has 0 radical (unpaired) electrons. The topological polar surface area (TPSA) is 84.1 Å². The van der Waals surface area contributed by atoms with Crippen molar-refractivity contribution in [1.29, 1.82) is 0 Å². The number of primary amides is 1. The lowest BCUT2D eigenvalue weighted by Gasteiger charge is -2.21. The molecule has 0 spiro atoms. The summed E-state index contributed by atoms with van der Waals surface area (Å²) in [5, 5.41) is 3.14. The highest BCUT2D eigenvalue weighted by molar-refractivity contribution is 5.99. The minimum absolute atomic E-state index is 0.0550. The molecule has 4 rings (SSSR count). The van der Waals surface area contributed by atoms with Gasteiger partial charge < -0.3 is 16.0 Å². The maximum atomic E-state index is 12.7. The fraction of sp³-hybridized carbons (Fsp3) is 0.227. The van der Waals surface area contributed by atoms with Crippen LogP contribution < -0.4 is 16.0 Å². The summed E-state index contributed by atoms with van der Waals surface area (Å²) >= 11 is 0. The summed E-state index contributed by atoms with van der Waals surface area (Å²) in [6.07, 6.45) is -1.19. The van der Waals surface area contributed by atoms with Crippen molar-refractivity contribution in [2.24, 2.45) is 5.73 Å². The molecule has 3 heterocycles. The quantitative estimate of drug-likeness (QED) is 0.644. The van der Waals surface area contributed by atoms with E-state index in [0.29, 0.717) is 36.7 Å². The maximum absolute atomic E-state index is 12.7. The number of benzene rings is 1. The van der Waals surface area contributed by atoms with Gasteiger partial charge in [-0.25, -0.2) is 9.97 Å². The number of halogens is 3. The number of carbonyl (C=O) groups is 1. The zero-order valence-electron chi connectivity index (χ0n) is 16.4. The summed E-state index contributed by atoms with van der Waals surface area (Å²) in [5.74, 6) is 0.292. The van der Waals surface area contributed by atoms with Crippen LogP contribution in [0, 0.1) is 0 Å². The Balaban J connectivity index is 1.49. The van der Waals surface area contributed by atoms with Gasteiger partial charge in [-0.1, -0.05) is 30.3 Å². The first-order valence-electron chi connectivity index (χ1n) is 9.71. The summed E-state index contributed by atoms with van der Waals surface area (Å²) in [4.78, 5) is 22.4. The number of hydrogen-bond acceptors (Lipinski definition) is 5. The van der Waals surface area contributed by atoms with E-state index in [2.05, 4.69) is 15.3 Å². The largest absolute Gasteiger partial charge is 0.417 e. The summed E-state index contributed by atoms with van der Waals surface area (Å²) in [7, 11) is 0. The van der Waals surface area contributed by atoms with Crippen LogP contribution in [0.15, 0.2) is 60.9 Å². The number of hydrogen-bond donors (Lipinski definition) is 2. The summed E-state index contributed by atoms with van der Waals surface area (Å²) < 4.78 is 38.1. The van der Waals surface area contributed by atoms with Gasteiger partial charge in [0.15, 0.2) is 0 Å². The van der Waals surface area contributed by atoms with Crippen molar-refractivity contribution in [3.63, 3.8) is 0 Å². The first-order chi connectivity index (χ1) is 14.8. The first-order valence-corrected chi connectivity index (χ1v) is 9.71. The number of amides is 1. The lowest BCUT2D eigenvalue weighted by molar-refractivity contribution is -0.137. The fourth-order valence-electron chi connectivity index (χ4n) is 3.61. The van der Waals surface area contributed by atoms with E-state index < -0.39 is 17.6 Å². The van der Waals surface area contributed by atoms with Crippen LogP contribution in [0.1, 0.15) is 22.3 Å². The Bertz CT molecular complexity index is 1070. The molecule has 1 fully saturated rings. The normalized spacial score (nSPS) is 16.4. The van der Waals surface area contributed by atoms with Crippen LogP contribution in [0.3, 0.4) is 0 Å². The summed E-state index contributed by atoms with van der Waals surface area (Å²) in [5.41, 5.74) is 6.87. The molecule has 1 aliphatic rings. The van der Waals surface area contributed by atoms with Crippen molar-refractivity contribution in [3.8, 4) is 11.1 Å². The van der Waals surface area contributed by atoms with Gasteiger partial charge in [0, 0.05) is 37.1 Å². The zero-order chi connectivity index (χ0) is 22.0. The standard InChI is InChI=1S/C22H20F3N5O/c23-22(24,25)16-6-7-19(27-12-16)29-17-8-9-30(13-17)21-18(20(26)31)10-15(11-28-21)14-4-2-1-3-5-14/h1-7,10-12,17H,8-9,13H2,(H2,26,31)(H,27,29)/t17-/m0/s1. The van der Waals surface area contributed by atoms with Gasteiger partial charge >= 0.3 is 6.18 Å². The number of nitrogens with two attached hydrogens (primary N) is 1. The molecule has 9 heteroatoms. The Morgan fingerprint density at radius 3 is 2.48 bits per heavy atom. The average Bonchev–Trinajstić information content (AvgIpc) is 3.22. The maximum Gasteiger partial charge on any atom is 0.417 e. The van der Waals surface area contributed by atoms with Crippen LogP contribution in [0.5, 0.6) is 0 Å². The van der Waals surface area contributed by atoms with Crippen molar-refractivity contribution in [3.05, 3.63) is 72.1 Å². The van der Waals surface area contributed by atoms with E-state index in [9.17, 15) is 18.0 Å². The van der Waals surface area contributed by atoms with Gasteiger partial charge in [-0.2, -0.15) is 13.2 Å². The molecule has 160 valence electrons. The minimum atomic E-state index is -4.42. The molecule has 31 heavy (non-hydrogen) atoms. The molecule has 1 amide bonds. The highest BCUT2D eigenvalue weighted by Crippen LogP contribution is 2.30. The lowest BCUT2D eigenvalue weighted by atomic mass is 10.1. The number of nitrogens with zero attached hydrogens (tertiary/aromatic N) is 3. The Labute approximate surface area is 176 Å². The van der Waals surface area contributed by atoms with Crippen LogP contribution in [0.4, 0.5) is 24.8 Å². The van der Waals surface area contributed by atoms with Gasteiger partial charge in [0.1, 0.15) is 11.6 Å². The lowest BCUT2D eigenvalue weighted by Crippen LogP contribution is -2.29. The molecule has 1 saturated heterocycles. The Morgan fingerprint density at radius 1 is 1.06 bits per heavy atom. The number of alkyl halides is 3. The van der Waals surface area contributed by atoms with E-state index in [0.717, 1.165) is 23.4 Å². The van der Waals surface area contributed by atoms with Crippen molar-refractivity contribution in [2.75, 3.05) is 23.3 Å². The Morgan fingerprint density at radius 2 is 1.84 bits per heavy atom. The molecule has 0 aliphatic carbocycles. The highest BCUT2D eigenvalue weighted by atomic mass is 19.4. The molecule has 0 saturated carbocycles. The van der Waals surface area contributed by atoms with E-state index in [1.165, 1.54) is 6.07 Å². The molecule has 0 bridgehead atoms. The van der Waals surface area contributed by atoms with E-state index in [4.69, 9.17) is 5.73 Å². The molecular weight excluding hydrogens is 407 g/mol. The third-order valence-electron chi connectivity index (χ3n) is 5.17. The van der Waals surface area contributed by atoms with Crippen molar-refractivity contribution in [1.82, 2.24) is 9.97 Å². The third-order valence-corrected chi connectivity index (χ3v) is 5.17.